The van der Waals surface area contributed by atoms with Crippen LogP contribution >= 0.6 is 11.6 Å². The van der Waals surface area contributed by atoms with Gasteiger partial charge in [0.15, 0.2) is 0 Å². The van der Waals surface area contributed by atoms with Crippen LogP contribution in [-0.2, 0) is 11.3 Å². The zero-order valence-corrected chi connectivity index (χ0v) is 13.1. The summed E-state index contributed by atoms with van der Waals surface area (Å²) in [4.78, 5) is 11.8. The average Bonchev–Trinajstić information content (AvgIpc) is 2.49. The molecule has 116 valence electrons. The molecule has 0 bridgehead atoms. The van der Waals surface area contributed by atoms with Gasteiger partial charge in [0, 0.05) is 30.2 Å². The van der Waals surface area contributed by atoms with E-state index >= 15 is 0 Å². The normalized spacial score (nSPS) is 10.5. The molecule has 0 aromatic heterocycles. The Labute approximate surface area is 134 Å². The van der Waals surface area contributed by atoms with Gasteiger partial charge in [-0.2, -0.15) is 0 Å². The van der Waals surface area contributed by atoms with Crippen molar-refractivity contribution < 1.29 is 9.18 Å². The van der Waals surface area contributed by atoms with Crippen LogP contribution in [0.15, 0.2) is 42.5 Å². The summed E-state index contributed by atoms with van der Waals surface area (Å²) in [5.41, 5.74) is 2.65. The van der Waals surface area contributed by atoms with Crippen LogP contribution in [0.25, 0.3) is 0 Å². The number of amides is 1. The number of hydrogen-bond donors (Lipinski definition) is 2. The van der Waals surface area contributed by atoms with Crippen molar-refractivity contribution >= 4 is 23.2 Å². The van der Waals surface area contributed by atoms with Gasteiger partial charge in [0.2, 0.25) is 5.91 Å². The van der Waals surface area contributed by atoms with Crippen molar-refractivity contribution in [3.63, 3.8) is 0 Å². The second-order valence-corrected chi connectivity index (χ2v) is 5.47. The summed E-state index contributed by atoms with van der Waals surface area (Å²) >= 11 is 6.01. The number of aryl methyl sites for hydroxylation is 1. The van der Waals surface area contributed by atoms with E-state index in [0.29, 0.717) is 30.2 Å². The first-order chi connectivity index (χ1) is 10.5. The predicted octanol–water partition coefficient (Wildman–Crippen LogP) is 3.91. The highest BCUT2D eigenvalue weighted by atomic mass is 35.5. The van der Waals surface area contributed by atoms with Gasteiger partial charge in [0.05, 0.1) is 0 Å². The van der Waals surface area contributed by atoms with E-state index in [4.69, 9.17) is 11.6 Å². The molecule has 0 saturated heterocycles. The number of anilines is 1. The molecule has 2 N–H and O–H groups in total. The Morgan fingerprint density at radius 1 is 1.18 bits per heavy atom. The zero-order chi connectivity index (χ0) is 15.9. The number of halogens is 2. The molecule has 2 aromatic rings. The van der Waals surface area contributed by atoms with Gasteiger partial charge in [-0.15, -0.1) is 0 Å². The van der Waals surface area contributed by atoms with Gasteiger partial charge in [0.25, 0.3) is 0 Å². The smallest absolute Gasteiger partial charge is 0.225 e. The maximum atomic E-state index is 12.8. The summed E-state index contributed by atoms with van der Waals surface area (Å²) in [7, 11) is 0. The third kappa shape index (κ3) is 5.13. The lowest BCUT2D eigenvalue weighted by atomic mass is 10.2. The molecule has 1 amide bonds. The van der Waals surface area contributed by atoms with Gasteiger partial charge in [-0.1, -0.05) is 29.8 Å². The number of hydrogen-bond acceptors (Lipinski definition) is 2. The van der Waals surface area contributed by atoms with E-state index in [0.717, 1.165) is 11.1 Å². The number of carbonyl (C=O) groups is 1. The maximum Gasteiger partial charge on any atom is 0.225 e. The first-order valence-corrected chi connectivity index (χ1v) is 7.43. The summed E-state index contributed by atoms with van der Waals surface area (Å²) in [5.74, 6) is -0.327. The van der Waals surface area contributed by atoms with Crippen LogP contribution < -0.4 is 10.6 Å². The van der Waals surface area contributed by atoms with Gasteiger partial charge in [-0.25, -0.2) is 4.39 Å². The highest BCUT2D eigenvalue weighted by molar-refractivity contribution is 6.31. The second-order valence-electron chi connectivity index (χ2n) is 5.07. The maximum absolute atomic E-state index is 12.8. The Kier molecular flexibility index (Phi) is 5.92. The largest absolute Gasteiger partial charge is 0.326 e. The topological polar surface area (TPSA) is 41.1 Å². The molecule has 22 heavy (non-hydrogen) atoms. The molecular weight excluding hydrogens is 303 g/mol. The highest BCUT2D eigenvalue weighted by Crippen LogP contribution is 2.19. The first kappa shape index (κ1) is 16.5. The molecule has 0 radical (unpaired) electrons. The van der Waals surface area contributed by atoms with Gasteiger partial charge < -0.3 is 10.6 Å². The molecule has 0 aliphatic heterocycles. The van der Waals surface area contributed by atoms with Crippen LogP contribution in [0, 0.1) is 12.7 Å². The summed E-state index contributed by atoms with van der Waals surface area (Å²) in [6.45, 7) is 3.06. The SMILES string of the molecule is Cc1ccc(NC(=O)CCNCc2ccc(F)cc2)cc1Cl. The van der Waals surface area contributed by atoms with E-state index in [1.807, 2.05) is 19.1 Å². The molecule has 2 aromatic carbocycles. The third-order valence-electron chi connectivity index (χ3n) is 3.23. The van der Waals surface area contributed by atoms with Gasteiger partial charge in [-0.05, 0) is 42.3 Å². The van der Waals surface area contributed by atoms with Crippen molar-refractivity contribution in [2.75, 3.05) is 11.9 Å². The van der Waals surface area contributed by atoms with E-state index < -0.39 is 0 Å². The molecule has 5 heteroatoms. The van der Waals surface area contributed by atoms with Crippen molar-refractivity contribution in [3.05, 3.63) is 64.4 Å². The Bertz CT molecular complexity index is 644. The standard InChI is InChI=1S/C17H18ClFN2O/c1-12-2-7-15(10-16(12)18)21-17(22)8-9-20-11-13-3-5-14(19)6-4-13/h2-7,10,20H,8-9,11H2,1H3,(H,21,22). The number of benzene rings is 2. The minimum absolute atomic E-state index is 0.0773. The van der Waals surface area contributed by atoms with Crippen molar-refractivity contribution in [2.24, 2.45) is 0 Å². The lowest BCUT2D eigenvalue weighted by Gasteiger charge is -2.08. The van der Waals surface area contributed by atoms with Crippen LogP contribution in [0.5, 0.6) is 0 Å². The fourth-order valence-electron chi connectivity index (χ4n) is 1.93. The van der Waals surface area contributed by atoms with E-state index in [1.165, 1.54) is 12.1 Å². The van der Waals surface area contributed by atoms with Crippen molar-refractivity contribution in [3.8, 4) is 0 Å². The predicted molar refractivity (Wildman–Crippen MR) is 87.5 cm³/mol. The Morgan fingerprint density at radius 3 is 2.59 bits per heavy atom. The molecule has 0 fully saturated rings. The minimum Gasteiger partial charge on any atom is -0.326 e. The number of carbonyl (C=O) groups excluding carboxylic acids is 1. The van der Waals surface area contributed by atoms with Crippen molar-refractivity contribution in [2.45, 2.75) is 19.9 Å². The fraction of sp³-hybridized carbons (Fsp3) is 0.235. The quantitative estimate of drug-likeness (QED) is 0.792. The molecule has 0 saturated carbocycles. The van der Waals surface area contributed by atoms with Gasteiger partial charge >= 0.3 is 0 Å². The monoisotopic (exact) mass is 320 g/mol. The van der Waals surface area contributed by atoms with Crippen molar-refractivity contribution in [1.82, 2.24) is 5.32 Å². The van der Waals surface area contributed by atoms with Gasteiger partial charge in [-0.3, -0.25) is 4.79 Å². The summed E-state index contributed by atoms with van der Waals surface area (Å²) in [6.07, 6.45) is 0.354. The minimum atomic E-state index is -0.250. The lowest BCUT2D eigenvalue weighted by Crippen LogP contribution is -2.21. The van der Waals surface area contributed by atoms with Crippen LogP contribution in [-0.4, -0.2) is 12.5 Å². The van der Waals surface area contributed by atoms with E-state index in [2.05, 4.69) is 10.6 Å². The molecule has 0 heterocycles. The van der Waals surface area contributed by atoms with Crippen LogP contribution in [0.4, 0.5) is 10.1 Å². The molecule has 0 atom stereocenters. The second kappa shape index (κ2) is 7.92. The lowest BCUT2D eigenvalue weighted by molar-refractivity contribution is -0.116. The zero-order valence-electron chi connectivity index (χ0n) is 12.3. The van der Waals surface area contributed by atoms with Crippen LogP contribution in [0.2, 0.25) is 5.02 Å². The molecule has 0 spiro atoms. The summed E-state index contributed by atoms with van der Waals surface area (Å²) in [6, 6.07) is 11.7. The molecule has 2 rings (SSSR count). The number of nitrogens with one attached hydrogen (secondary N) is 2. The Balaban J connectivity index is 1.71. The first-order valence-electron chi connectivity index (χ1n) is 7.06. The average molecular weight is 321 g/mol. The number of rotatable bonds is 6. The highest BCUT2D eigenvalue weighted by Gasteiger charge is 2.04. The van der Waals surface area contributed by atoms with Crippen LogP contribution in [0.3, 0.4) is 0 Å². The van der Waals surface area contributed by atoms with Crippen LogP contribution in [0.1, 0.15) is 17.5 Å². The fourth-order valence-corrected chi connectivity index (χ4v) is 2.11. The summed E-state index contributed by atoms with van der Waals surface area (Å²) < 4.78 is 12.8. The molecular formula is C17H18ClFN2O. The third-order valence-corrected chi connectivity index (χ3v) is 3.63. The summed E-state index contributed by atoms with van der Waals surface area (Å²) in [5, 5.41) is 6.58. The van der Waals surface area contributed by atoms with E-state index in [-0.39, 0.29) is 11.7 Å². The molecule has 0 aliphatic carbocycles. The van der Waals surface area contributed by atoms with E-state index in [9.17, 15) is 9.18 Å². The Hall–Kier alpha value is -1.91. The van der Waals surface area contributed by atoms with Crippen molar-refractivity contribution in [1.29, 1.82) is 0 Å². The van der Waals surface area contributed by atoms with Gasteiger partial charge in [0.1, 0.15) is 5.82 Å². The Morgan fingerprint density at radius 2 is 1.91 bits per heavy atom. The van der Waals surface area contributed by atoms with E-state index in [1.54, 1.807) is 18.2 Å². The molecule has 0 unspecified atom stereocenters. The molecule has 0 aliphatic rings. The molecule has 3 nitrogen and oxygen atoms in total.